The van der Waals surface area contributed by atoms with Gasteiger partial charge in [0, 0.05) is 6.54 Å². The highest BCUT2D eigenvalue weighted by molar-refractivity contribution is 5.44. The molecule has 0 atom stereocenters. The van der Waals surface area contributed by atoms with Gasteiger partial charge >= 0.3 is 0 Å². The maximum atomic E-state index is 13.4. The zero-order chi connectivity index (χ0) is 12.1. The van der Waals surface area contributed by atoms with Gasteiger partial charge in [-0.05, 0) is 25.0 Å². The Morgan fingerprint density at radius 2 is 1.76 bits per heavy atom. The lowest BCUT2D eigenvalue weighted by atomic mass is 9.94. The van der Waals surface area contributed by atoms with Gasteiger partial charge in [0.05, 0.1) is 11.3 Å². The van der Waals surface area contributed by atoms with Crippen molar-refractivity contribution in [3.8, 4) is 0 Å². The van der Waals surface area contributed by atoms with E-state index in [1.807, 2.05) is 0 Å². The Labute approximate surface area is 102 Å². The summed E-state index contributed by atoms with van der Waals surface area (Å²) in [4.78, 5) is 0. The zero-order valence-corrected chi connectivity index (χ0v) is 10.1. The van der Waals surface area contributed by atoms with Gasteiger partial charge in [0.1, 0.15) is 5.82 Å². The van der Waals surface area contributed by atoms with Crippen LogP contribution in [0, 0.1) is 5.82 Å². The van der Waals surface area contributed by atoms with E-state index in [2.05, 4.69) is 5.32 Å². The second-order valence-corrected chi connectivity index (χ2v) is 4.97. The first-order chi connectivity index (χ1) is 8.20. The molecule has 3 heteroatoms. The van der Waals surface area contributed by atoms with Gasteiger partial charge in [-0.1, -0.05) is 37.8 Å². The van der Waals surface area contributed by atoms with Gasteiger partial charge in [0.2, 0.25) is 0 Å². The normalized spacial score (nSPS) is 19.6. The largest absolute Gasteiger partial charge is 0.388 e. The lowest BCUT2D eigenvalue weighted by Gasteiger charge is -2.27. The predicted octanol–water partition coefficient (Wildman–Crippen LogP) is 3.32. The highest BCUT2D eigenvalue weighted by atomic mass is 19.1. The fourth-order valence-electron chi connectivity index (χ4n) is 2.43. The van der Waals surface area contributed by atoms with Crippen LogP contribution < -0.4 is 5.32 Å². The Bertz CT molecular complexity index is 359. The van der Waals surface area contributed by atoms with Crippen molar-refractivity contribution in [2.45, 2.75) is 44.1 Å². The first-order valence-electron chi connectivity index (χ1n) is 6.40. The summed E-state index contributed by atoms with van der Waals surface area (Å²) in [6.07, 6.45) is 6.15. The first-order valence-corrected chi connectivity index (χ1v) is 6.40. The van der Waals surface area contributed by atoms with Crippen LogP contribution in [-0.4, -0.2) is 17.3 Å². The average Bonchev–Trinajstić information content (AvgIpc) is 2.54. The van der Waals surface area contributed by atoms with Gasteiger partial charge in [-0.25, -0.2) is 4.39 Å². The van der Waals surface area contributed by atoms with E-state index in [-0.39, 0.29) is 5.82 Å². The molecule has 1 aromatic carbocycles. The number of hydrogen-bond acceptors (Lipinski definition) is 2. The van der Waals surface area contributed by atoms with Gasteiger partial charge < -0.3 is 10.4 Å². The molecule has 2 nitrogen and oxygen atoms in total. The third-order valence-electron chi connectivity index (χ3n) is 3.52. The van der Waals surface area contributed by atoms with Gasteiger partial charge in [0.15, 0.2) is 0 Å². The van der Waals surface area contributed by atoms with Crippen LogP contribution in [0.25, 0.3) is 0 Å². The molecule has 0 amide bonds. The van der Waals surface area contributed by atoms with Crippen LogP contribution in [0.1, 0.15) is 38.5 Å². The molecular weight excluding hydrogens is 217 g/mol. The topological polar surface area (TPSA) is 32.3 Å². The van der Waals surface area contributed by atoms with E-state index >= 15 is 0 Å². The van der Waals surface area contributed by atoms with Crippen molar-refractivity contribution in [3.63, 3.8) is 0 Å². The second kappa shape index (κ2) is 5.50. The molecule has 1 aliphatic carbocycles. The molecule has 17 heavy (non-hydrogen) atoms. The monoisotopic (exact) mass is 237 g/mol. The molecule has 1 saturated carbocycles. The average molecular weight is 237 g/mol. The third kappa shape index (κ3) is 3.43. The predicted molar refractivity (Wildman–Crippen MR) is 67.5 cm³/mol. The van der Waals surface area contributed by atoms with Gasteiger partial charge in [-0.15, -0.1) is 0 Å². The third-order valence-corrected chi connectivity index (χ3v) is 3.52. The molecule has 0 unspecified atom stereocenters. The van der Waals surface area contributed by atoms with Crippen LogP contribution in [0.2, 0.25) is 0 Å². The van der Waals surface area contributed by atoms with Gasteiger partial charge in [-0.2, -0.15) is 0 Å². The van der Waals surface area contributed by atoms with Crippen molar-refractivity contribution in [3.05, 3.63) is 30.1 Å². The summed E-state index contributed by atoms with van der Waals surface area (Å²) < 4.78 is 13.4. The molecule has 2 N–H and O–H groups in total. The highest BCUT2D eigenvalue weighted by Crippen LogP contribution is 2.27. The number of nitrogens with one attached hydrogen (secondary N) is 1. The van der Waals surface area contributed by atoms with Crippen LogP contribution in [-0.2, 0) is 0 Å². The van der Waals surface area contributed by atoms with Crippen molar-refractivity contribution in [1.29, 1.82) is 0 Å². The Hall–Kier alpha value is -1.09. The molecular formula is C14H20FNO. The Morgan fingerprint density at radius 1 is 1.12 bits per heavy atom. The molecule has 0 heterocycles. The second-order valence-electron chi connectivity index (χ2n) is 4.97. The minimum Gasteiger partial charge on any atom is -0.388 e. The first kappa shape index (κ1) is 12.4. The molecule has 0 aliphatic heterocycles. The smallest absolute Gasteiger partial charge is 0.146 e. The molecule has 0 aromatic heterocycles. The summed E-state index contributed by atoms with van der Waals surface area (Å²) in [6, 6.07) is 6.60. The summed E-state index contributed by atoms with van der Waals surface area (Å²) in [5.74, 6) is -0.260. The molecule has 2 rings (SSSR count). The van der Waals surface area contributed by atoms with Crippen molar-refractivity contribution in [1.82, 2.24) is 0 Å². The standard InChI is InChI=1S/C14H20FNO/c15-12-7-3-4-8-13(12)16-11-14(17)9-5-1-2-6-10-14/h3-4,7-8,16-17H,1-2,5-6,9-11H2. The number of halogens is 1. The molecule has 0 saturated heterocycles. The zero-order valence-electron chi connectivity index (χ0n) is 10.1. The van der Waals surface area contributed by atoms with Crippen LogP contribution in [0.4, 0.5) is 10.1 Å². The highest BCUT2D eigenvalue weighted by Gasteiger charge is 2.27. The minimum atomic E-state index is -0.668. The number of aliphatic hydroxyl groups is 1. The Morgan fingerprint density at radius 3 is 2.41 bits per heavy atom. The molecule has 1 aliphatic rings. The van der Waals surface area contributed by atoms with E-state index in [1.54, 1.807) is 18.2 Å². The molecule has 0 spiro atoms. The van der Waals surface area contributed by atoms with E-state index in [4.69, 9.17) is 0 Å². The lowest BCUT2D eigenvalue weighted by molar-refractivity contribution is 0.0381. The molecule has 1 fully saturated rings. The van der Waals surface area contributed by atoms with Crippen molar-refractivity contribution >= 4 is 5.69 Å². The molecule has 94 valence electrons. The lowest BCUT2D eigenvalue weighted by Crippen LogP contribution is -2.36. The van der Waals surface area contributed by atoms with Gasteiger partial charge in [-0.3, -0.25) is 0 Å². The van der Waals surface area contributed by atoms with Crippen LogP contribution in [0.15, 0.2) is 24.3 Å². The minimum absolute atomic E-state index is 0.260. The van der Waals surface area contributed by atoms with E-state index in [9.17, 15) is 9.50 Å². The number of para-hydroxylation sites is 1. The van der Waals surface area contributed by atoms with Crippen LogP contribution in [0.3, 0.4) is 0 Å². The molecule has 1 aromatic rings. The number of anilines is 1. The van der Waals surface area contributed by atoms with Crippen molar-refractivity contribution in [2.24, 2.45) is 0 Å². The summed E-state index contributed by atoms with van der Waals surface area (Å²) in [6.45, 7) is 0.438. The van der Waals surface area contributed by atoms with E-state index in [0.29, 0.717) is 12.2 Å². The van der Waals surface area contributed by atoms with E-state index in [0.717, 1.165) is 25.7 Å². The van der Waals surface area contributed by atoms with Crippen LogP contribution >= 0.6 is 0 Å². The fourth-order valence-corrected chi connectivity index (χ4v) is 2.43. The number of hydrogen-bond donors (Lipinski definition) is 2. The maximum absolute atomic E-state index is 13.4. The Kier molecular flexibility index (Phi) is 4.00. The quantitative estimate of drug-likeness (QED) is 0.790. The maximum Gasteiger partial charge on any atom is 0.146 e. The molecule has 0 bridgehead atoms. The number of rotatable bonds is 3. The summed E-state index contributed by atoms with van der Waals surface area (Å²) in [5, 5.41) is 13.4. The van der Waals surface area contributed by atoms with E-state index < -0.39 is 5.60 Å². The summed E-state index contributed by atoms with van der Waals surface area (Å²) in [7, 11) is 0. The summed E-state index contributed by atoms with van der Waals surface area (Å²) >= 11 is 0. The van der Waals surface area contributed by atoms with Crippen molar-refractivity contribution < 1.29 is 9.50 Å². The number of benzene rings is 1. The Balaban J connectivity index is 1.94. The summed E-state index contributed by atoms with van der Waals surface area (Å²) in [5.41, 5.74) is -0.191. The van der Waals surface area contributed by atoms with Gasteiger partial charge in [0.25, 0.3) is 0 Å². The fraction of sp³-hybridized carbons (Fsp3) is 0.571. The molecule has 0 radical (unpaired) electrons. The SMILES string of the molecule is OC1(CNc2ccccc2F)CCCCCC1. The van der Waals surface area contributed by atoms with E-state index in [1.165, 1.54) is 18.9 Å². The van der Waals surface area contributed by atoms with Crippen molar-refractivity contribution in [2.75, 3.05) is 11.9 Å². The van der Waals surface area contributed by atoms with Crippen LogP contribution in [0.5, 0.6) is 0 Å².